The molecule has 0 saturated carbocycles. The minimum Gasteiger partial charge on any atom is -0.550 e. The van der Waals surface area contributed by atoms with Crippen molar-refractivity contribution in [3.63, 3.8) is 0 Å². The van der Waals surface area contributed by atoms with Gasteiger partial charge in [-0.15, -0.1) is 0 Å². The zero-order chi connectivity index (χ0) is 84.7. The van der Waals surface area contributed by atoms with E-state index in [1.807, 2.05) is 0 Å². The van der Waals surface area contributed by atoms with Gasteiger partial charge in [0.1, 0.15) is 0 Å². The molecule has 0 N–H and O–H groups in total. The average Bonchev–Trinajstić information content (AvgIpc) is 0.852. The number of hydrogen-bond acceptors (Lipinski definition) is 4. The monoisotopic (exact) mass is 1900 g/mol. The van der Waals surface area contributed by atoms with E-state index in [0.717, 1.165) is 13.8 Å². The van der Waals surface area contributed by atoms with E-state index in [4.69, 9.17) is 19.8 Å². The Kier molecular flexibility index (Phi) is 43.5. The predicted octanol–water partition coefficient (Wildman–Crippen LogP) is 18.2. The topological polar surface area (TPSA) is 80.3 Å². The van der Waals surface area contributed by atoms with E-state index in [9.17, 15) is 0 Å². The summed E-state index contributed by atoms with van der Waals surface area (Å²) in [6.07, 6.45) is 0. The molecular weight excluding hydrogens is 1810 g/mol. The Balaban J connectivity index is 0.000000165. The number of rotatable bonds is 18. The zero-order valence-electron chi connectivity index (χ0n) is 68.9. The van der Waals surface area contributed by atoms with Crippen LogP contribution >= 0.6 is 47.5 Å². The number of carboxylic acids is 2. The molecule has 0 unspecified atom stereocenters. The fourth-order valence-corrected chi connectivity index (χ4v) is 26.9. The number of benzene rings is 18. The van der Waals surface area contributed by atoms with Crippen LogP contribution in [0.3, 0.4) is 0 Å². The van der Waals surface area contributed by atoms with E-state index < -0.39 is 59.5 Å². The molecule has 18 aromatic carbocycles. The minimum absolute atomic E-state index is 0. The minimum atomic E-state index is -1.08. The summed E-state index contributed by atoms with van der Waals surface area (Å²) in [7, 11) is -2.68. The van der Waals surface area contributed by atoms with Crippen molar-refractivity contribution in [2.45, 2.75) is 13.8 Å². The molecule has 0 atom stereocenters. The normalized spacial score (nSPS) is 10.1. The van der Waals surface area contributed by atoms with Gasteiger partial charge in [-0.3, -0.25) is 0 Å². The molecule has 12 heteroatoms. The first-order valence-corrected chi connectivity index (χ1v) is 48.3. The van der Waals surface area contributed by atoms with E-state index in [0.29, 0.717) is 0 Å². The molecule has 0 aliphatic heterocycles. The number of hydrogen-bond donors (Lipinski definition) is 0. The van der Waals surface area contributed by atoms with Crippen LogP contribution in [0.5, 0.6) is 0 Å². The molecule has 0 bridgehead atoms. The van der Waals surface area contributed by atoms with Crippen molar-refractivity contribution in [2.24, 2.45) is 0 Å². The van der Waals surface area contributed by atoms with Crippen molar-refractivity contribution < 1.29 is 60.6 Å². The van der Waals surface area contributed by atoms with Gasteiger partial charge in [0.2, 0.25) is 0 Å². The fraction of sp³-hybridized carbons (Fsp3) is 0.0179. The maximum Gasteiger partial charge on any atom is 2.00 e. The third-order valence-electron chi connectivity index (χ3n) is 18.3. The molecule has 0 heterocycles. The second kappa shape index (κ2) is 55.8. The van der Waals surface area contributed by atoms with Crippen molar-refractivity contribution >= 4 is 155 Å². The largest absolute Gasteiger partial charge is 2.00 e. The van der Waals surface area contributed by atoms with Gasteiger partial charge in [0.25, 0.3) is 0 Å². The molecule has 0 spiro atoms. The van der Waals surface area contributed by atoms with Crippen LogP contribution in [0.2, 0.25) is 0 Å². The first kappa shape index (κ1) is 96.6. The van der Waals surface area contributed by atoms with Gasteiger partial charge in [-0.25, -0.2) is 0 Å². The van der Waals surface area contributed by atoms with Crippen molar-refractivity contribution in [3.05, 3.63) is 546 Å². The van der Waals surface area contributed by atoms with E-state index in [2.05, 4.69) is 546 Å². The van der Waals surface area contributed by atoms with Gasteiger partial charge in [0.05, 0.1) is 0 Å². The van der Waals surface area contributed by atoms with Crippen LogP contribution in [0.25, 0.3) is 0 Å². The van der Waals surface area contributed by atoms with Crippen LogP contribution < -0.4 is 106 Å². The molecule has 0 amide bonds. The van der Waals surface area contributed by atoms with Crippen molar-refractivity contribution in [1.82, 2.24) is 0 Å². The molecule has 18 aromatic rings. The Morgan fingerprint density at radius 3 is 0.218 bits per heavy atom. The summed E-state index contributed by atoms with van der Waals surface area (Å²) in [4.78, 5) is 17.8. The maximum absolute atomic E-state index is 8.89. The molecule has 0 aliphatic rings. The first-order chi connectivity index (χ1) is 60.2. The average molecular weight is 1900 g/mol. The van der Waals surface area contributed by atoms with Gasteiger partial charge in [0, 0.05) is 32.4 Å². The molecule has 0 saturated heterocycles. The molecule has 18 rings (SSSR count). The zero-order valence-corrected chi connectivity index (χ0v) is 77.4. The number of carbonyl (C=O) groups excluding carboxylic acids is 2. The van der Waals surface area contributed by atoms with Gasteiger partial charge in [-0.05, 0) is 157 Å². The van der Waals surface area contributed by atoms with Gasteiger partial charge in [-0.2, -0.15) is 0 Å². The van der Waals surface area contributed by atoms with E-state index in [-0.39, 0.29) is 40.8 Å². The Bertz CT molecular complexity index is 4310. The summed E-state index contributed by atoms with van der Waals surface area (Å²) >= 11 is 0. The van der Waals surface area contributed by atoms with Crippen LogP contribution in [0.1, 0.15) is 13.8 Å². The third kappa shape index (κ3) is 31.9. The second-order valence-corrected chi connectivity index (χ2v) is 40.4. The smallest absolute Gasteiger partial charge is 0.550 e. The quantitative estimate of drug-likeness (QED) is 0.0633. The van der Waals surface area contributed by atoms with E-state index >= 15 is 0 Å². The number of carbonyl (C=O) groups is 2. The van der Waals surface area contributed by atoms with Gasteiger partial charge < -0.3 is 19.8 Å². The van der Waals surface area contributed by atoms with E-state index in [1.54, 1.807) is 0 Å². The molecule has 124 heavy (non-hydrogen) atoms. The Hall–Kier alpha value is -11.2. The number of aliphatic carboxylic acids is 2. The van der Waals surface area contributed by atoms with Crippen molar-refractivity contribution in [3.8, 4) is 0 Å². The van der Waals surface area contributed by atoms with Crippen LogP contribution in [0.15, 0.2) is 546 Å². The summed E-state index contributed by atoms with van der Waals surface area (Å²) < 4.78 is 0. The first-order valence-electron chi connectivity index (χ1n) is 40.2. The molecule has 0 radical (unpaired) electrons. The molecule has 0 aromatic heterocycles. The Morgan fingerprint density at radius 2 is 0.177 bits per heavy atom. The van der Waals surface area contributed by atoms with Gasteiger partial charge in [0.15, 0.2) is 0 Å². The van der Waals surface area contributed by atoms with Crippen molar-refractivity contribution in [2.75, 3.05) is 0 Å². The van der Waals surface area contributed by atoms with Crippen LogP contribution in [-0.4, -0.2) is 11.9 Å². The van der Waals surface area contributed by atoms with E-state index in [1.165, 1.54) is 95.5 Å². The number of carboxylic acid groups (broad SMARTS) is 2. The van der Waals surface area contributed by atoms with Gasteiger partial charge >= 0.3 is 20.4 Å². The van der Waals surface area contributed by atoms with Crippen LogP contribution in [0, 0.1) is 0 Å². The molecule has 618 valence electrons. The Morgan fingerprint density at radius 1 is 0.137 bits per heavy atom. The molecule has 0 fully saturated rings. The standard InChI is InChI=1S/6C18H15P.2C2H4O2.2Pd/c6*1-4-10-16(11-5-1)19(17-12-6-2-7-13-17)18-14-8-3-9-15-18;2*1-2(3)4;;/h6*1-15H;2*1H3,(H,3,4);;/q;;;;;;;;;+2/p-2. The van der Waals surface area contributed by atoms with Crippen LogP contribution in [-0.2, 0) is 50.4 Å². The fourth-order valence-electron chi connectivity index (χ4n) is 13.1. The molecular formula is C112H96O4P6Pd2. The summed E-state index contributed by atoms with van der Waals surface area (Å²) in [6, 6.07) is 194. The summed E-state index contributed by atoms with van der Waals surface area (Å²) in [5.41, 5.74) is 0. The Labute approximate surface area is 768 Å². The van der Waals surface area contributed by atoms with Crippen molar-refractivity contribution in [1.29, 1.82) is 0 Å². The summed E-state index contributed by atoms with van der Waals surface area (Å²) in [6.45, 7) is 1.94. The van der Waals surface area contributed by atoms with Gasteiger partial charge in [-0.1, -0.05) is 546 Å². The third-order valence-corrected chi connectivity index (χ3v) is 32.9. The maximum atomic E-state index is 8.89. The molecule has 4 nitrogen and oxygen atoms in total. The van der Waals surface area contributed by atoms with Crippen LogP contribution in [0.4, 0.5) is 0 Å². The molecule has 0 aliphatic carbocycles. The predicted molar refractivity (Wildman–Crippen MR) is 532 cm³/mol. The SMILES string of the molecule is CC(=O)[O-].CC(=O)[O-].[Pd+2].[Pd].c1ccc(P(c2ccccc2)c2ccccc2)cc1.c1ccc(P(c2ccccc2)c2ccccc2)cc1.c1ccc(P(c2ccccc2)c2ccccc2)cc1.c1ccc(P(c2ccccc2)c2ccccc2)cc1.c1ccc(P(c2ccccc2)c2ccccc2)cc1.c1ccc(P(c2ccccc2)c2ccccc2)cc1. The second-order valence-electron chi connectivity index (χ2n) is 27.0. The summed E-state index contributed by atoms with van der Waals surface area (Å²) in [5, 5.41) is 42.9. The summed E-state index contributed by atoms with van der Waals surface area (Å²) in [5.74, 6) is -2.17.